The maximum absolute atomic E-state index is 13.2. The van der Waals surface area contributed by atoms with Gasteiger partial charge in [-0.25, -0.2) is 4.79 Å². The molecule has 1 aliphatic heterocycles. The molecule has 0 saturated heterocycles. The second kappa shape index (κ2) is 11.1. The number of aromatic nitrogens is 2. The molecular formula is C25H25ClF3N4O5+. The first kappa shape index (κ1) is 27.6. The van der Waals surface area contributed by atoms with Crippen molar-refractivity contribution in [2.24, 2.45) is 12.0 Å². The first-order valence-corrected chi connectivity index (χ1v) is 11.9. The molecule has 0 amide bonds. The van der Waals surface area contributed by atoms with Crippen molar-refractivity contribution < 1.29 is 27.8 Å². The van der Waals surface area contributed by atoms with E-state index in [1.807, 2.05) is 0 Å². The second-order valence-electron chi connectivity index (χ2n) is 8.68. The van der Waals surface area contributed by atoms with Crippen LogP contribution in [0.5, 0.6) is 0 Å². The van der Waals surface area contributed by atoms with E-state index in [2.05, 4.69) is 9.98 Å². The molecular weight excluding hydrogens is 529 g/mol. The number of benzene rings is 2. The molecule has 1 aliphatic rings. The Labute approximate surface area is 219 Å². The SMILES string of the molecule is Cn1c2c(c(=O)[nH]c1=O)[N+](CCOCCO)(Cc1ccc(Cl)cc1)C(OCc1cccc(C(F)(F)F)c1)=N2. The molecule has 1 atom stereocenters. The Morgan fingerprint density at radius 3 is 2.53 bits per heavy atom. The highest BCUT2D eigenvalue weighted by Crippen LogP contribution is 2.39. The number of ether oxygens (including phenoxy) is 2. The van der Waals surface area contributed by atoms with Crippen molar-refractivity contribution >= 4 is 29.1 Å². The second-order valence-corrected chi connectivity index (χ2v) is 9.12. The highest BCUT2D eigenvalue weighted by atomic mass is 35.5. The van der Waals surface area contributed by atoms with E-state index in [-0.39, 0.29) is 67.1 Å². The fourth-order valence-corrected chi connectivity index (χ4v) is 4.38. The molecule has 2 aromatic carbocycles. The lowest BCUT2D eigenvalue weighted by Crippen LogP contribution is -2.57. The summed E-state index contributed by atoms with van der Waals surface area (Å²) < 4.78 is 52.1. The zero-order chi connectivity index (χ0) is 27.5. The third-order valence-electron chi connectivity index (χ3n) is 6.11. The number of nitrogens with zero attached hydrogens (tertiary/aromatic N) is 3. The van der Waals surface area contributed by atoms with E-state index in [0.29, 0.717) is 5.02 Å². The van der Waals surface area contributed by atoms with Gasteiger partial charge in [0, 0.05) is 17.6 Å². The van der Waals surface area contributed by atoms with Gasteiger partial charge in [0.25, 0.3) is 5.69 Å². The molecule has 0 radical (unpaired) electrons. The maximum atomic E-state index is 13.2. The number of H-pyrrole nitrogens is 1. The van der Waals surface area contributed by atoms with Gasteiger partial charge in [0.2, 0.25) is 5.82 Å². The molecule has 0 spiro atoms. The zero-order valence-corrected chi connectivity index (χ0v) is 21.1. The zero-order valence-electron chi connectivity index (χ0n) is 20.3. The Morgan fingerprint density at radius 2 is 1.84 bits per heavy atom. The molecule has 9 nitrogen and oxygen atoms in total. The number of nitrogens with one attached hydrogen (secondary N) is 1. The molecule has 1 unspecified atom stereocenters. The Balaban J connectivity index is 1.79. The van der Waals surface area contributed by atoms with Crippen molar-refractivity contribution in [3.8, 4) is 0 Å². The van der Waals surface area contributed by atoms with Crippen molar-refractivity contribution in [3.05, 3.63) is 91.1 Å². The Hall–Kier alpha value is -3.45. The lowest BCUT2D eigenvalue weighted by atomic mass is 10.1. The van der Waals surface area contributed by atoms with Gasteiger partial charge >= 0.3 is 23.4 Å². The highest BCUT2D eigenvalue weighted by molar-refractivity contribution is 6.30. The number of amidine groups is 1. The van der Waals surface area contributed by atoms with Gasteiger partial charge in [0.1, 0.15) is 19.7 Å². The van der Waals surface area contributed by atoms with Crippen LogP contribution in [0.15, 0.2) is 63.1 Å². The van der Waals surface area contributed by atoms with Gasteiger partial charge < -0.3 is 14.6 Å². The summed E-state index contributed by atoms with van der Waals surface area (Å²) in [6, 6.07) is 11.6. The average molecular weight is 554 g/mol. The lowest BCUT2D eigenvalue weighted by Gasteiger charge is -2.32. The normalized spacial score (nSPS) is 16.8. The van der Waals surface area contributed by atoms with E-state index in [9.17, 15) is 22.8 Å². The number of aliphatic imine (C=N–C) groups is 1. The van der Waals surface area contributed by atoms with Crippen molar-refractivity contribution in [2.75, 3.05) is 26.4 Å². The highest BCUT2D eigenvalue weighted by Gasteiger charge is 2.50. The summed E-state index contributed by atoms with van der Waals surface area (Å²) in [4.78, 5) is 32.3. The summed E-state index contributed by atoms with van der Waals surface area (Å²) in [5.41, 5.74) is -1.09. The van der Waals surface area contributed by atoms with Crippen LogP contribution >= 0.6 is 11.6 Å². The van der Waals surface area contributed by atoms with Crippen LogP contribution in [0.1, 0.15) is 16.7 Å². The molecule has 0 fully saturated rings. The van der Waals surface area contributed by atoms with Crippen LogP contribution in [0, 0.1) is 0 Å². The molecule has 2 N–H and O–H groups in total. The van der Waals surface area contributed by atoms with Gasteiger partial charge in [-0.15, -0.1) is 4.99 Å². The van der Waals surface area contributed by atoms with Crippen molar-refractivity contribution in [1.82, 2.24) is 14.0 Å². The Kier molecular flexibility index (Phi) is 8.07. The fraction of sp³-hybridized carbons (Fsp3) is 0.320. The first-order valence-electron chi connectivity index (χ1n) is 11.6. The van der Waals surface area contributed by atoms with Crippen LogP contribution < -0.4 is 15.7 Å². The average Bonchev–Trinajstić information content (AvgIpc) is 3.19. The first-order chi connectivity index (χ1) is 18.0. The monoisotopic (exact) mass is 553 g/mol. The number of hydrogen-bond acceptors (Lipinski definition) is 6. The summed E-state index contributed by atoms with van der Waals surface area (Å²) in [6.07, 6.45) is -4.53. The van der Waals surface area contributed by atoms with Gasteiger partial charge in [0.15, 0.2) is 0 Å². The van der Waals surface area contributed by atoms with Crippen LogP contribution in [-0.4, -0.2) is 47.0 Å². The summed E-state index contributed by atoms with van der Waals surface area (Å²) in [7, 11) is 1.44. The quantitative estimate of drug-likeness (QED) is 0.312. The molecule has 0 bridgehead atoms. The molecule has 3 aromatic rings. The molecule has 202 valence electrons. The minimum atomic E-state index is -4.53. The van der Waals surface area contributed by atoms with Crippen molar-refractivity contribution in [2.45, 2.75) is 19.3 Å². The number of quaternary nitrogens is 1. The van der Waals surface area contributed by atoms with Gasteiger partial charge in [-0.1, -0.05) is 35.9 Å². The molecule has 13 heteroatoms. The van der Waals surface area contributed by atoms with Crippen molar-refractivity contribution in [1.29, 1.82) is 0 Å². The third kappa shape index (κ3) is 5.68. The van der Waals surface area contributed by atoms with E-state index >= 15 is 0 Å². The largest absolute Gasteiger partial charge is 0.431 e. The number of aliphatic hydroxyl groups excluding tert-OH is 1. The van der Waals surface area contributed by atoms with Crippen LogP contribution in [-0.2, 0) is 35.8 Å². The summed E-state index contributed by atoms with van der Waals surface area (Å²) in [6.45, 7) is -0.124. The molecule has 0 aliphatic carbocycles. The molecule has 2 heterocycles. The third-order valence-corrected chi connectivity index (χ3v) is 6.36. The van der Waals surface area contributed by atoms with Gasteiger partial charge in [-0.2, -0.15) is 17.7 Å². The number of hydrogen-bond donors (Lipinski definition) is 2. The standard InChI is InChI=1S/C25H24ClF3N4O5/c1-32-21-20(22(35)31-23(32)36)33(9-11-37-12-10-34,14-16-5-7-19(26)8-6-16)24(30-21)38-15-17-3-2-4-18(13-17)25(27,28)29/h2-8,13,34H,9-12,14-15H2,1H3/p+1. The van der Waals surface area contributed by atoms with E-state index in [4.69, 9.17) is 26.2 Å². The summed E-state index contributed by atoms with van der Waals surface area (Å²) in [5, 5.41) is 9.63. The Bertz CT molecular complexity index is 1450. The fourth-order valence-electron chi connectivity index (χ4n) is 4.26. The minimum Gasteiger partial charge on any atom is -0.431 e. The van der Waals surface area contributed by atoms with Crippen molar-refractivity contribution in [3.63, 3.8) is 0 Å². The molecule has 0 saturated carbocycles. The smallest absolute Gasteiger partial charge is 0.416 e. The van der Waals surface area contributed by atoms with Crippen LogP contribution in [0.3, 0.4) is 0 Å². The van der Waals surface area contributed by atoms with Crippen LogP contribution in [0.2, 0.25) is 5.02 Å². The van der Waals surface area contributed by atoms with Crippen LogP contribution in [0.25, 0.3) is 0 Å². The number of aliphatic hydroxyl groups is 1. The number of rotatable bonds is 9. The number of fused-ring (bicyclic) bond motifs is 1. The number of aromatic amines is 1. The van der Waals surface area contributed by atoms with E-state index < -0.39 is 23.0 Å². The van der Waals surface area contributed by atoms with Gasteiger partial charge in [-0.3, -0.25) is 14.3 Å². The molecule has 38 heavy (non-hydrogen) atoms. The number of alkyl halides is 3. The Morgan fingerprint density at radius 1 is 1.11 bits per heavy atom. The van der Waals surface area contributed by atoms with E-state index in [0.717, 1.165) is 17.7 Å². The number of halogens is 4. The summed E-state index contributed by atoms with van der Waals surface area (Å²) in [5.74, 6) is 0.0638. The predicted octanol–water partition coefficient (Wildman–Crippen LogP) is 3.48. The van der Waals surface area contributed by atoms with Gasteiger partial charge in [-0.05, 0) is 29.8 Å². The molecule has 4 rings (SSSR count). The summed E-state index contributed by atoms with van der Waals surface area (Å²) >= 11 is 6.05. The minimum absolute atomic E-state index is 0.00617. The lowest BCUT2D eigenvalue weighted by molar-refractivity contribution is -0.137. The maximum Gasteiger partial charge on any atom is 0.416 e. The van der Waals surface area contributed by atoms with E-state index in [1.165, 1.54) is 23.7 Å². The predicted molar refractivity (Wildman–Crippen MR) is 135 cm³/mol. The van der Waals surface area contributed by atoms with Gasteiger partial charge in [0.05, 0.1) is 25.4 Å². The van der Waals surface area contributed by atoms with E-state index in [1.54, 1.807) is 24.3 Å². The van der Waals surface area contributed by atoms with Crippen LogP contribution in [0.4, 0.5) is 24.7 Å². The molecule has 1 aromatic heterocycles. The topological polar surface area (TPSA) is 106 Å².